The summed E-state index contributed by atoms with van der Waals surface area (Å²) in [5.41, 5.74) is 7.07. The first-order valence-electron chi connectivity index (χ1n) is 18.0. The number of hydrogen-bond donors (Lipinski definition) is 3. The zero-order chi connectivity index (χ0) is 38.4. The van der Waals surface area contributed by atoms with Crippen LogP contribution in [0.25, 0.3) is 0 Å². The number of nitrogens with zero attached hydrogens (tertiary/aromatic N) is 1. The first-order valence-corrected chi connectivity index (χ1v) is 18.0. The van der Waals surface area contributed by atoms with E-state index < -0.39 is 65.5 Å². The molecule has 4 N–H and O–H groups in total. The Balaban J connectivity index is 2.67. The van der Waals surface area contributed by atoms with E-state index in [-0.39, 0.29) is 13.0 Å². The maximum atomic E-state index is 14.7. The molecule has 282 valence electrons. The predicted octanol–water partition coefficient (Wildman–Crippen LogP) is 6.37. The number of benzene rings is 2. The normalized spacial score (nSPS) is 13.4. The highest BCUT2D eigenvalue weighted by Gasteiger charge is 2.39. The fourth-order valence-electron chi connectivity index (χ4n) is 5.55. The van der Waals surface area contributed by atoms with Gasteiger partial charge in [-0.15, -0.1) is 0 Å². The number of aryl methyl sites for hydroxylation is 2. The van der Waals surface area contributed by atoms with Crippen LogP contribution in [0.3, 0.4) is 0 Å². The molecule has 0 aliphatic heterocycles. The lowest BCUT2D eigenvalue weighted by Crippen LogP contribution is -2.55. The number of amides is 4. The summed E-state index contributed by atoms with van der Waals surface area (Å²) in [7, 11) is 0. The van der Waals surface area contributed by atoms with E-state index in [0.29, 0.717) is 12.0 Å². The molecule has 2 aromatic carbocycles. The van der Waals surface area contributed by atoms with Crippen LogP contribution in [0, 0.1) is 13.8 Å². The van der Waals surface area contributed by atoms with Crippen molar-refractivity contribution in [2.24, 2.45) is 5.73 Å². The lowest BCUT2D eigenvalue weighted by Gasteiger charge is -2.35. The van der Waals surface area contributed by atoms with Gasteiger partial charge in [0.1, 0.15) is 29.3 Å². The van der Waals surface area contributed by atoms with Gasteiger partial charge in [-0.1, -0.05) is 87.6 Å². The third kappa shape index (κ3) is 15.6. The van der Waals surface area contributed by atoms with E-state index in [1.807, 2.05) is 56.3 Å². The number of unbranched alkanes of at least 4 members (excludes halogenated alkanes) is 5. The van der Waals surface area contributed by atoms with E-state index >= 15 is 0 Å². The van der Waals surface area contributed by atoms with E-state index in [9.17, 15) is 24.0 Å². The fraction of sp³-hybridized carbons (Fsp3) is 0.575. The molecule has 3 unspecified atom stereocenters. The van der Waals surface area contributed by atoms with E-state index in [4.69, 9.17) is 15.2 Å². The van der Waals surface area contributed by atoms with Crippen LogP contribution in [-0.2, 0) is 35.1 Å². The van der Waals surface area contributed by atoms with Gasteiger partial charge < -0.3 is 30.7 Å². The minimum atomic E-state index is -1.41. The predicted molar refractivity (Wildman–Crippen MR) is 199 cm³/mol. The molecule has 51 heavy (non-hydrogen) atoms. The minimum absolute atomic E-state index is 0.136. The van der Waals surface area contributed by atoms with E-state index in [0.717, 1.165) is 48.8 Å². The molecule has 0 heterocycles. The highest BCUT2D eigenvalue weighted by molar-refractivity contribution is 5.95. The summed E-state index contributed by atoms with van der Waals surface area (Å²) in [5, 5.41) is 5.44. The first-order chi connectivity index (χ1) is 23.8. The second-order valence-corrected chi connectivity index (χ2v) is 15.2. The summed E-state index contributed by atoms with van der Waals surface area (Å²) in [6.07, 6.45) is 4.22. The summed E-state index contributed by atoms with van der Waals surface area (Å²) < 4.78 is 11.1. The maximum Gasteiger partial charge on any atom is 0.408 e. The van der Waals surface area contributed by atoms with Gasteiger partial charge in [0.25, 0.3) is 0 Å². The lowest BCUT2D eigenvalue weighted by atomic mass is 9.97. The summed E-state index contributed by atoms with van der Waals surface area (Å²) >= 11 is 0. The van der Waals surface area contributed by atoms with Crippen molar-refractivity contribution in [3.05, 3.63) is 70.8 Å². The number of primary amides is 1. The smallest absolute Gasteiger partial charge is 0.408 e. The second kappa shape index (κ2) is 19.8. The van der Waals surface area contributed by atoms with Gasteiger partial charge in [-0.25, -0.2) is 9.59 Å². The van der Waals surface area contributed by atoms with E-state index in [2.05, 4.69) is 17.6 Å². The maximum absolute atomic E-state index is 14.7. The Labute approximate surface area is 304 Å². The van der Waals surface area contributed by atoms with Crippen molar-refractivity contribution in [3.63, 3.8) is 0 Å². The number of alkyl carbamates (subject to hydrolysis) is 1. The van der Waals surface area contributed by atoms with Crippen LogP contribution in [-0.4, -0.2) is 64.5 Å². The zero-order valence-corrected chi connectivity index (χ0v) is 32.1. The molecular formula is C40H60N4O7. The van der Waals surface area contributed by atoms with Gasteiger partial charge in [-0.05, 0) is 84.1 Å². The Hall–Kier alpha value is -4.41. The molecule has 4 amide bonds. The van der Waals surface area contributed by atoms with Crippen molar-refractivity contribution in [1.29, 1.82) is 0 Å². The van der Waals surface area contributed by atoms with Crippen LogP contribution in [0.2, 0.25) is 0 Å². The summed E-state index contributed by atoms with van der Waals surface area (Å²) in [6.45, 7) is 16.4. The SMILES string of the molecule is CCCCCCCCN(C(=O)C(CC(N)=O)NC(=O)OC(C)(C)C)C(C(=O)NC(Cc1ccccc1)C(=O)OC(C)(C)C)c1ccc(C)c(C)c1. The van der Waals surface area contributed by atoms with Gasteiger partial charge in [-0.2, -0.15) is 0 Å². The highest BCUT2D eigenvalue weighted by Crippen LogP contribution is 2.27. The number of esters is 1. The average Bonchev–Trinajstić information content (AvgIpc) is 3.01. The lowest BCUT2D eigenvalue weighted by molar-refractivity contribution is -0.159. The van der Waals surface area contributed by atoms with Crippen LogP contribution in [0.5, 0.6) is 0 Å². The molecule has 0 aliphatic carbocycles. The fourth-order valence-corrected chi connectivity index (χ4v) is 5.55. The molecule has 0 aromatic heterocycles. The third-order valence-electron chi connectivity index (χ3n) is 8.13. The molecule has 2 rings (SSSR count). The molecule has 11 heteroatoms. The van der Waals surface area contributed by atoms with Crippen molar-refractivity contribution in [2.75, 3.05) is 6.54 Å². The summed E-state index contributed by atoms with van der Waals surface area (Å²) in [4.78, 5) is 69.4. The van der Waals surface area contributed by atoms with Crippen molar-refractivity contribution in [3.8, 4) is 0 Å². The standard InChI is InChI=1S/C40H60N4O7/c1-10-11-12-13-14-18-23-44(36(47)31(26-33(41)45)43-38(49)51-40(7,8)9)34(30-22-21-27(2)28(3)24-30)35(46)42-32(37(48)50-39(4,5)6)25-29-19-16-15-17-20-29/h15-17,19-22,24,31-32,34H,10-14,18,23,25-26H2,1-9H3,(H2,41,45)(H,42,46)(H,43,49). The molecule has 0 radical (unpaired) electrons. The molecule has 0 fully saturated rings. The van der Waals surface area contributed by atoms with Crippen molar-refractivity contribution in [1.82, 2.24) is 15.5 Å². The number of ether oxygens (including phenoxy) is 2. The topological polar surface area (TPSA) is 157 Å². The van der Waals surface area contributed by atoms with Gasteiger partial charge in [0.2, 0.25) is 17.7 Å². The second-order valence-electron chi connectivity index (χ2n) is 15.2. The zero-order valence-electron chi connectivity index (χ0n) is 32.1. The quantitative estimate of drug-likeness (QED) is 0.120. The number of carbonyl (C=O) groups excluding carboxylic acids is 5. The summed E-state index contributed by atoms with van der Waals surface area (Å²) in [6, 6.07) is 11.0. The Morgan fingerprint density at radius 2 is 1.37 bits per heavy atom. The van der Waals surface area contributed by atoms with Crippen LogP contribution in [0.1, 0.15) is 122 Å². The Kier molecular flexibility index (Phi) is 16.6. The van der Waals surface area contributed by atoms with Crippen LogP contribution in [0.15, 0.2) is 48.5 Å². The molecule has 0 aliphatic rings. The number of nitrogens with two attached hydrogens (primary N) is 1. The molecule has 0 saturated heterocycles. The van der Waals surface area contributed by atoms with E-state index in [1.54, 1.807) is 47.6 Å². The number of nitrogens with one attached hydrogen (secondary N) is 2. The van der Waals surface area contributed by atoms with Crippen LogP contribution < -0.4 is 16.4 Å². The average molecular weight is 709 g/mol. The minimum Gasteiger partial charge on any atom is -0.458 e. The van der Waals surface area contributed by atoms with Crippen molar-refractivity contribution >= 4 is 29.8 Å². The Morgan fingerprint density at radius 1 is 0.765 bits per heavy atom. The number of rotatable bonds is 18. The molecule has 0 saturated carbocycles. The van der Waals surface area contributed by atoms with Gasteiger partial charge in [0.05, 0.1) is 6.42 Å². The van der Waals surface area contributed by atoms with Crippen LogP contribution >= 0.6 is 0 Å². The van der Waals surface area contributed by atoms with Gasteiger partial charge in [-0.3, -0.25) is 14.4 Å². The van der Waals surface area contributed by atoms with Crippen molar-refractivity contribution < 1.29 is 33.4 Å². The highest BCUT2D eigenvalue weighted by atomic mass is 16.6. The Morgan fingerprint density at radius 3 is 1.94 bits per heavy atom. The molecule has 2 aromatic rings. The molecule has 11 nitrogen and oxygen atoms in total. The van der Waals surface area contributed by atoms with Gasteiger partial charge >= 0.3 is 12.1 Å². The molecule has 0 bridgehead atoms. The van der Waals surface area contributed by atoms with Crippen molar-refractivity contribution in [2.45, 2.75) is 143 Å². The molecule has 3 atom stereocenters. The number of hydrogen-bond acceptors (Lipinski definition) is 7. The van der Waals surface area contributed by atoms with E-state index in [1.165, 1.54) is 4.90 Å². The summed E-state index contributed by atoms with van der Waals surface area (Å²) in [5.74, 6) is -2.72. The molecular weight excluding hydrogens is 648 g/mol. The number of carbonyl (C=O) groups is 5. The monoisotopic (exact) mass is 708 g/mol. The van der Waals surface area contributed by atoms with Crippen LogP contribution in [0.4, 0.5) is 4.79 Å². The molecule has 0 spiro atoms. The third-order valence-corrected chi connectivity index (χ3v) is 8.13. The van der Waals surface area contributed by atoms with Gasteiger partial charge in [0, 0.05) is 13.0 Å². The first kappa shape index (κ1) is 42.8. The largest absolute Gasteiger partial charge is 0.458 e. The van der Waals surface area contributed by atoms with Gasteiger partial charge in [0.15, 0.2) is 0 Å². The Bertz CT molecular complexity index is 1460.